The molecule has 0 aromatic heterocycles. The van der Waals surface area contributed by atoms with Crippen LogP contribution in [0.5, 0.6) is 17.2 Å². The Bertz CT molecular complexity index is 2160. The predicted molar refractivity (Wildman–Crippen MR) is 196 cm³/mol. The molecule has 2 fully saturated rings. The van der Waals surface area contributed by atoms with Crippen LogP contribution in [0.3, 0.4) is 0 Å². The zero-order valence-electron chi connectivity index (χ0n) is 28.8. The summed E-state index contributed by atoms with van der Waals surface area (Å²) in [6.07, 6.45) is 7.88. The van der Waals surface area contributed by atoms with Gasteiger partial charge in [-0.05, 0) is 65.8 Å². The number of rotatable bonds is 7. The number of nitrogens with zero attached hydrogens (tertiary/aromatic N) is 1. The summed E-state index contributed by atoms with van der Waals surface area (Å²) in [5, 5.41) is 10.6. The molecule has 8 rings (SSSR count). The number of phenolic OH excluding ortho intramolecular Hbond substituents is 1. The number of allylic oxidation sites excluding steroid dienone is 5. The van der Waals surface area contributed by atoms with Gasteiger partial charge in [-0.1, -0.05) is 103 Å². The molecule has 52 heavy (non-hydrogen) atoms. The van der Waals surface area contributed by atoms with E-state index in [2.05, 4.69) is 0 Å². The highest BCUT2D eigenvalue weighted by atomic mass is 16.5. The van der Waals surface area contributed by atoms with Crippen molar-refractivity contribution < 1.29 is 33.8 Å². The smallest absolute Gasteiger partial charge is 0.238 e. The van der Waals surface area contributed by atoms with E-state index in [9.17, 15) is 14.7 Å². The first-order valence-corrected chi connectivity index (χ1v) is 17.5. The van der Waals surface area contributed by atoms with Gasteiger partial charge in [-0.15, -0.1) is 0 Å². The minimum atomic E-state index is -1.34. The van der Waals surface area contributed by atoms with Crippen molar-refractivity contribution in [3.05, 3.63) is 144 Å². The highest BCUT2D eigenvalue weighted by Gasteiger charge is 2.65. The van der Waals surface area contributed by atoms with Gasteiger partial charge in [0.25, 0.3) is 0 Å². The zero-order valence-corrected chi connectivity index (χ0v) is 28.8. The maximum Gasteiger partial charge on any atom is 0.238 e. The summed E-state index contributed by atoms with van der Waals surface area (Å²) in [6.45, 7) is 0. The second-order valence-electron chi connectivity index (χ2n) is 13.8. The van der Waals surface area contributed by atoms with Gasteiger partial charge in [-0.25, -0.2) is 0 Å². The fourth-order valence-corrected chi connectivity index (χ4v) is 9.17. The number of ketones is 2. The first-order valence-electron chi connectivity index (χ1n) is 17.5. The summed E-state index contributed by atoms with van der Waals surface area (Å²) >= 11 is 0. The average molecular weight is 692 g/mol. The van der Waals surface area contributed by atoms with E-state index in [-0.39, 0.29) is 47.1 Å². The summed E-state index contributed by atoms with van der Waals surface area (Å²) < 4.78 is 10.9. The number of hydrogen-bond acceptors (Lipinski definition) is 7. The second kappa shape index (κ2) is 12.9. The summed E-state index contributed by atoms with van der Waals surface area (Å²) in [5.41, 5.74) is 2.40. The van der Waals surface area contributed by atoms with E-state index in [1.165, 1.54) is 25.2 Å². The topological polar surface area (TPSA) is 110 Å². The first-order chi connectivity index (χ1) is 25.3. The van der Waals surface area contributed by atoms with E-state index in [1.807, 2.05) is 85.0 Å². The Balaban J connectivity index is 1.34. The largest absolute Gasteiger partial charge is 0.502 e. The number of amides is 2. The monoisotopic (exact) mass is 691 g/mol. The van der Waals surface area contributed by atoms with Gasteiger partial charge in [0.15, 0.2) is 23.1 Å². The van der Waals surface area contributed by atoms with Crippen LogP contribution in [-0.4, -0.2) is 42.7 Å². The van der Waals surface area contributed by atoms with E-state index >= 15 is 9.59 Å². The number of ether oxygens (including phenoxy) is 2. The molecule has 1 heterocycles. The van der Waals surface area contributed by atoms with Crippen LogP contribution < -0.4 is 14.4 Å². The van der Waals surface area contributed by atoms with Crippen molar-refractivity contribution in [3.8, 4) is 17.2 Å². The molecule has 3 aliphatic carbocycles. The third-order valence-electron chi connectivity index (χ3n) is 11.4. The number of carbonyl (C=O) groups is 4. The van der Waals surface area contributed by atoms with Crippen LogP contribution in [0.1, 0.15) is 29.5 Å². The van der Waals surface area contributed by atoms with Crippen LogP contribution in [0.4, 0.5) is 5.69 Å². The zero-order chi connectivity index (χ0) is 36.1. The quantitative estimate of drug-likeness (QED) is 0.164. The Morgan fingerprint density at radius 3 is 2.04 bits per heavy atom. The maximum atomic E-state index is 15.1. The molecular weight excluding hydrogens is 654 g/mol. The molecule has 0 spiro atoms. The summed E-state index contributed by atoms with van der Waals surface area (Å²) in [4.78, 5) is 59.9. The predicted octanol–water partition coefficient (Wildman–Crippen LogP) is 6.98. The van der Waals surface area contributed by atoms with Crippen molar-refractivity contribution in [2.24, 2.45) is 29.6 Å². The fourth-order valence-electron chi connectivity index (χ4n) is 9.17. The van der Waals surface area contributed by atoms with Gasteiger partial charge in [0.05, 0.1) is 37.2 Å². The number of benzene rings is 4. The summed E-state index contributed by atoms with van der Waals surface area (Å²) in [7, 11) is 2.90. The maximum absolute atomic E-state index is 15.1. The van der Waals surface area contributed by atoms with Crippen molar-refractivity contribution in [2.75, 3.05) is 19.1 Å². The number of imide groups is 1. The number of aromatic hydroxyl groups is 1. The SMILES string of the molecule is COc1cc(C=C[C@H]2C3=CC[C@@H]4C(=O)N(c5ccccc5)C(=O)[C@@H]4[C@@H]3C[C@H]3C(=O)C(c4ccccc4)=CC(=O)[C@@]23c2ccccc2)cc(OC)c1O. The number of phenols is 1. The van der Waals surface area contributed by atoms with Crippen molar-refractivity contribution >= 4 is 40.7 Å². The van der Waals surface area contributed by atoms with Gasteiger partial charge in [-0.3, -0.25) is 24.1 Å². The lowest BCUT2D eigenvalue weighted by atomic mass is 9.45. The highest BCUT2D eigenvalue weighted by Crippen LogP contribution is 2.61. The molecule has 4 aliphatic rings. The van der Waals surface area contributed by atoms with Crippen LogP contribution in [0, 0.1) is 29.6 Å². The van der Waals surface area contributed by atoms with Gasteiger partial charge >= 0.3 is 0 Å². The second-order valence-corrected chi connectivity index (χ2v) is 13.8. The minimum Gasteiger partial charge on any atom is -0.502 e. The average Bonchev–Trinajstić information content (AvgIpc) is 3.44. The lowest BCUT2D eigenvalue weighted by Gasteiger charge is -2.54. The molecule has 0 bridgehead atoms. The van der Waals surface area contributed by atoms with Gasteiger partial charge in [0, 0.05) is 17.4 Å². The van der Waals surface area contributed by atoms with Gasteiger partial charge in [0.2, 0.25) is 17.6 Å². The van der Waals surface area contributed by atoms with Crippen molar-refractivity contribution in [1.29, 1.82) is 0 Å². The Hall–Kier alpha value is -6.02. The van der Waals surface area contributed by atoms with Crippen LogP contribution in [-0.2, 0) is 24.6 Å². The van der Waals surface area contributed by atoms with Gasteiger partial charge in [-0.2, -0.15) is 0 Å². The Morgan fingerprint density at radius 1 is 0.788 bits per heavy atom. The van der Waals surface area contributed by atoms with Crippen molar-refractivity contribution in [1.82, 2.24) is 0 Å². The van der Waals surface area contributed by atoms with Crippen molar-refractivity contribution in [3.63, 3.8) is 0 Å². The Labute approximate surface area is 301 Å². The van der Waals surface area contributed by atoms with Crippen molar-refractivity contribution in [2.45, 2.75) is 18.3 Å². The number of para-hydroxylation sites is 1. The third-order valence-corrected chi connectivity index (χ3v) is 11.4. The van der Waals surface area contributed by atoms with Crippen LogP contribution >= 0.6 is 0 Å². The molecule has 1 saturated heterocycles. The molecule has 6 atom stereocenters. The number of carbonyl (C=O) groups excluding carboxylic acids is 4. The molecular formula is C44H37NO7. The van der Waals surface area contributed by atoms with E-state index in [1.54, 1.807) is 36.4 Å². The Morgan fingerprint density at radius 2 is 1.40 bits per heavy atom. The third kappa shape index (κ3) is 4.96. The first kappa shape index (κ1) is 33.1. The molecule has 4 aromatic carbocycles. The van der Waals surface area contributed by atoms with Crippen LogP contribution in [0.15, 0.2) is 127 Å². The van der Waals surface area contributed by atoms with E-state index < -0.39 is 35.0 Å². The van der Waals surface area contributed by atoms with Gasteiger partial charge in [0.1, 0.15) is 0 Å². The number of fused-ring (bicyclic) bond motifs is 4. The molecule has 8 heteroatoms. The Kier molecular flexibility index (Phi) is 8.25. The lowest BCUT2D eigenvalue weighted by Crippen LogP contribution is -2.59. The molecule has 0 radical (unpaired) electrons. The summed E-state index contributed by atoms with van der Waals surface area (Å²) in [5.74, 6) is -3.86. The minimum absolute atomic E-state index is 0.138. The molecule has 8 nitrogen and oxygen atoms in total. The normalized spacial score (nSPS) is 26.7. The van der Waals surface area contributed by atoms with Crippen LogP contribution in [0.25, 0.3) is 11.6 Å². The number of Topliss-reactive ketones (excluding diaryl/α,β-unsaturated/α-hetero) is 1. The van der Waals surface area contributed by atoms with E-state index in [0.29, 0.717) is 34.4 Å². The molecule has 1 N–H and O–H groups in total. The molecule has 1 aliphatic heterocycles. The van der Waals surface area contributed by atoms with Crippen LogP contribution in [0.2, 0.25) is 0 Å². The molecule has 4 aromatic rings. The summed E-state index contributed by atoms with van der Waals surface area (Å²) in [6, 6.07) is 30.9. The molecule has 0 unspecified atom stereocenters. The number of methoxy groups -OCH3 is 2. The van der Waals surface area contributed by atoms with E-state index in [0.717, 1.165) is 5.57 Å². The number of hydrogen-bond donors (Lipinski definition) is 1. The highest BCUT2D eigenvalue weighted by molar-refractivity contribution is 6.31. The standard InChI is InChI=1S/C44H37NO7/c1-51-36-22-26(23-37(52-2)41(36)48)18-21-34-30-19-20-31-39(43(50)45(42(31)49)29-16-10-5-11-17-29)33(30)24-35-40(47)32(27-12-6-3-7-13-27)25-38(46)44(34,35)28-14-8-4-9-15-28/h3-19,21-23,25,31,33-35,39,48H,20,24H2,1-2H3/t31-,33+,34-,35-,39-,44-/m0/s1. The molecule has 260 valence electrons. The fraction of sp³-hybridized carbons (Fsp3) is 0.227. The lowest BCUT2D eigenvalue weighted by molar-refractivity contribution is -0.135. The van der Waals surface area contributed by atoms with E-state index in [4.69, 9.17) is 9.47 Å². The van der Waals surface area contributed by atoms with Gasteiger partial charge < -0.3 is 14.6 Å². The molecule has 2 amide bonds. The molecule has 1 saturated carbocycles. The number of anilines is 1.